The number of hydrogen-bond donors (Lipinski definition) is 0. The van der Waals surface area contributed by atoms with Gasteiger partial charge in [-0.25, -0.2) is 13.2 Å². The average Bonchev–Trinajstić information content (AvgIpc) is 1.84. The first-order valence-corrected chi connectivity index (χ1v) is 2.79. The zero-order chi connectivity index (χ0) is 9.07. The Labute approximate surface area is 160 Å². The fourth-order valence-electron chi connectivity index (χ4n) is 0.294. The van der Waals surface area contributed by atoms with Gasteiger partial charge in [0.1, 0.15) is 0 Å². The van der Waals surface area contributed by atoms with Crippen LogP contribution in [0.15, 0.2) is 0 Å². The second-order valence-electron chi connectivity index (χ2n) is 2.03. The molecule has 3 nitrogen and oxygen atoms in total. The molecule has 9 heteroatoms. The molecule has 1 unspecified atom stereocenters. The minimum atomic E-state index is -3.36. The standard InChI is InChI=1S/C4H6BF3O3.2K/c1-4(8,3(6)7)11-2-5(9)10;;/h3H,2H2,1H3;;/q-2;2*+1. The topological polar surface area (TPSA) is 55.3 Å². The maximum atomic E-state index is 12.3. The van der Waals surface area contributed by atoms with Crippen LogP contribution in [0, 0.1) is 0 Å². The van der Waals surface area contributed by atoms with Crippen molar-refractivity contribution in [3.05, 3.63) is 0 Å². The van der Waals surface area contributed by atoms with Crippen LogP contribution in [-0.2, 0) is 4.74 Å². The average molecular weight is 248 g/mol. The van der Waals surface area contributed by atoms with Crippen LogP contribution in [0.25, 0.3) is 0 Å². The van der Waals surface area contributed by atoms with E-state index in [2.05, 4.69) is 4.74 Å². The summed E-state index contributed by atoms with van der Waals surface area (Å²) in [6, 6.07) is 0. The Balaban J connectivity index is -0.000000500. The second kappa shape index (κ2) is 10.2. The first-order valence-electron chi connectivity index (χ1n) is 2.79. The quantitative estimate of drug-likeness (QED) is 0.464. The zero-order valence-electron chi connectivity index (χ0n) is 7.72. The Morgan fingerprint density at radius 1 is 1.38 bits per heavy atom. The number of alkyl halides is 3. The predicted octanol–water partition coefficient (Wildman–Crippen LogP) is -7.29. The van der Waals surface area contributed by atoms with Gasteiger partial charge >= 0.3 is 103 Å². The van der Waals surface area contributed by atoms with Gasteiger partial charge in [-0.15, -0.1) is 0 Å². The van der Waals surface area contributed by atoms with E-state index in [1.54, 1.807) is 0 Å². The largest absolute Gasteiger partial charge is 1.00 e. The summed E-state index contributed by atoms with van der Waals surface area (Å²) >= 11 is 0. The number of hydrogen-bond acceptors (Lipinski definition) is 3. The van der Waals surface area contributed by atoms with Gasteiger partial charge in [-0.1, -0.05) is 7.12 Å². The van der Waals surface area contributed by atoms with Crippen LogP contribution in [0.4, 0.5) is 13.2 Å². The maximum absolute atomic E-state index is 12.3. The Morgan fingerprint density at radius 3 is 2.00 bits per heavy atom. The molecule has 0 amide bonds. The predicted molar refractivity (Wildman–Crippen MR) is 27.2 cm³/mol. The van der Waals surface area contributed by atoms with Gasteiger partial charge in [-0.2, -0.15) is 0 Å². The Hall–Kier alpha value is 3.01. The molecule has 0 heterocycles. The summed E-state index contributed by atoms with van der Waals surface area (Å²) in [4.78, 5) is 0. The van der Waals surface area contributed by atoms with Crippen LogP contribution in [-0.4, -0.2) is 25.9 Å². The molecule has 0 aromatic heterocycles. The fraction of sp³-hybridized carbons (Fsp3) is 1.00. The minimum absolute atomic E-state index is 0. The van der Waals surface area contributed by atoms with Gasteiger partial charge in [0.05, 0.1) is 0 Å². The SMILES string of the molecule is CC(F)(OCB([O-])[O-])C(F)F.[K+].[K+]. The van der Waals surface area contributed by atoms with Crippen LogP contribution < -0.4 is 113 Å². The van der Waals surface area contributed by atoms with Crippen molar-refractivity contribution >= 4 is 7.12 Å². The Morgan fingerprint density at radius 2 is 1.77 bits per heavy atom. The van der Waals surface area contributed by atoms with Gasteiger partial charge in [0.15, 0.2) is 0 Å². The van der Waals surface area contributed by atoms with E-state index in [-0.39, 0.29) is 103 Å². The van der Waals surface area contributed by atoms with Crippen molar-refractivity contribution in [2.45, 2.75) is 19.2 Å². The molecule has 0 spiro atoms. The van der Waals surface area contributed by atoms with Crippen LogP contribution >= 0.6 is 0 Å². The third-order valence-corrected chi connectivity index (χ3v) is 0.891. The van der Waals surface area contributed by atoms with E-state index >= 15 is 0 Å². The van der Waals surface area contributed by atoms with Crippen molar-refractivity contribution in [2.24, 2.45) is 0 Å². The number of rotatable bonds is 4. The molecule has 0 fully saturated rings. The first-order chi connectivity index (χ1) is 4.86. The van der Waals surface area contributed by atoms with Crippen LogP contribution in [0.3, 0.4) is 0 Å². The van der Waals surface area contributed by atoms with E-state index in [9.17, 15) is 23.2 Å². The van der Waals surface area contributed by atoms with Crippen molar-refractivity contribution in [3.63, 3.8) is 0 Å². The van der Waals surface area contributed by atoms with E-state index in [4.69, 9.17) is 0 Å². The molecule has 0 aliphatic rings. The molecular weight excluding hydrogens is 242 g/mol. The maximum Gasteiger partial charge on any atom is 1.00 e. The fourth-order valence-corrected chi connectivity index (χ4v) is 0.294. The van der Waals surface area contributed by atoms with Crippen molar-refractivity contribution in [2.75, 3.05) is 6.51 Å². The van der Waals surface area contributed by atoms with Crippen molar-refractivity contribution in [3.8, 4) is 0 Å². The monoisotopic (exact) mass is 248 g/mol. The van der Waals surface area contributed by atoms with E-state index in [1.807, 2.05) is 0 Å². The smallest absolute Gasteiger partial charge is 0.891 e. The van der Waals surface area contributed by atoms with E-state index in [1.165, 1.54) is 0 Å². The minimum Gasteiger partial charge on any atom is -0.891 e. The molecule has 0 rings (SSSR count). The van der Waals surface area contributed by atoms with E-state index < -0.39 is 25.9 Å². The van der Waals surface area contributed by atoms with E-state index in [0.29, 0.717) is 6.92 Å². The molecule has 13 heavy (non-hydrogen) atoms. The molecule has 0 bridgehead atoms. The number of halogens is 3. The van der Waals surface area contributed by atoms with Crippen molar-refractivity contribution < 1.29 is 131 Å². The van der Waals surface area contributed by atoms with Gasteiger partial charge in [0.25, 0.3) is 12.3 Å². The number of ether oxygens (including phenoxy) is 1. The Bertz CT molecular complexity index is 127. The van der Waals surface area contributed by atoms with Gasteiger partial charge in [-0.05, 0) is 6.51 Å². The molecule has 0 aliphatic carbocycles. The second-order valence-corrected chi connectivity index (χ2v) is 2.03. The molecule has 0 N–H and O–H groups in total. The first kappa shape index (κ1) is 21.3. The molecule has 0 saturated carbocycles. The summed E-state index contributed by atoms with van der Waals surface area (Å²) in [6.45, 7) is -0.641. The molecule has 0 aromatic rings. The summed E-state index contributed by atoms with van der Waals surface area (Å²) in [6.07, 6.45) is -3.36. The Kier molecular flexibility index (Phi) is 16.7. The van der Waals surface area contributed by atoms with Crippen LogP contribution in [0.5, 0.6) is 0 Å². The molecule has 1 atom stereocenters. The normalized spacial score (nSPS) is 14.1. The van der Waals surface area contributed by atoms with Crippen LogP contribution in [0.1, 0.15) is 6.92 Å². The summed E-state index contributed by atoms with van der Waals surface area (Å²) in [7, 11) is -2.44. The van der Waals surface area contributed by atoms with Gasteiger partial charge in [0, 0.05) is 6.92 Å². The van der Waals surface area contributed by atoms with Gasteiger partial charge < -0.3 is 14.8 Å². The van der Waals surface area contributed by atoms with Gasteiger partial charge in [0.2, 0.25) is 0 Å². The van der Waals surface area contributed by atoms with Crippen molar-refractivity contribution in [1.82, 2.24) is 0 Å². The molecule has 0 aliphatic heterocycles. The van der Waals surface area contributed by atoms with Crippen LogP contribution in [0.2, 0.25) is 0 Å². The van der Waals surface area contributed by atoms with Gasteiger partial charge in [-0.3, -0.25) is 0 Å². The summed E-state index contributed by atoms with van der Waals surface area (Å²) in [5.41, 5.74) is 0. The summed E-state index contributed by atoms with van der Waals surface area (Å²) in [5.74, 6) is -3.20. The molecule has 66 valence electrons. The van der Waals surface area contributed by atoms with E-state index in [0.717, 1.165) is 0 Å². The molecular formula is C4H6BF3K2O3. The third kappa shape index (κ3) is 11.3. The zero-order valence-corrected chi connectivity index (χ0v) is 14.0. The summed E-state index contributed by atoms with van der Waals surface area (Å²) < 4.78 is 39.2. The molecule has 0 saturated heterocycles. The third-order valence-electron chi connectivity index (χ3n) is 0.891. The van der Waals surface area contributed by atoms with Crippen molar-refractivity contribution in [1.29, 1.82) is 0 Å². The molecule has 0 radical (unpaired) electrons. The summed E-state index contributed by atoms with van der Waals surface area (Å²) in [5, 5.41) is 19.4. The molecule has 0 aromatic carbocycles.